The van der Waals surface area contributed by atoms with Crippen LogP contribution in [0.4, 0.5) is 4.39 Å². The second-order valence-electron chi connectivity index (χ2n) is 4.24. The van der Waals surface area contributed by atoms with Gasteiger partial charge in [-0.1, -0.05) is 30.3 Å². The lowest BCUT2D eigenvalue weighted by molar-refractivity contribution is 0.0690. The molecule has 2 rings (SSSR count). The molecule has 1 aromatic carbocycles. The average Bonchev–Trinajstić information content (AvgIpc) is 2.82. The van der Waals surface area contributed by atoms with Crippen molar-refractivity contribution in [2.24, 2.45) is 0 Å². The first-order chi connectivity index (χ1) is 9.61. The number of benzene rings is 1. The third-order valence-corrected chi connectivity index (χ3v) is 2.72. The molecule has 0 unspecified atom stereocenters. The van der Waals surface area contributed by atoms with Crippen molar-refractivity contribution in [1.82, 2.24) is 15.0 Å². The minimum absolute atomic E-state index is 0.0863. The molecule has 6 heteroatoms. The monoisotopic (exact) mass is 275 g/mol. The van der Waals surface area contributed by atoms with Gasteiger partial charge in [-0.3, -0.25) is 0 Å². The molecule has 20 heavy (non-hydrogen) atoms. The lowest BCUT2D eigenvalue weighted by atomic mass is 10.2. The van der Waals surface area contributed by atoms with Gasteiger partial charge >= 0.3 is 5.97 Å². The number of carboxylic acids is 1. The molecule has 0 aliphatic rings. The summed E-state index contributed by atoms with van der Waals surface area (Å²) in [5.74, 6) is -1.43. The Morgan fingerprint density at radius 1 is 1.35 bits per heavy atom. The minimum Gasteiger partial charge on any atom is -0.476 e. The second kappa shape index (κ2) is 6.10. The number of aromatic carboxylic acids is 1. The van der Waals surface area contributed by atoms with Crippen molar-refractivity contribution < 1.29 is 14.3 Å². The fraction of sp³-hybridized carbons (Fsp3) is 0.214. The lowest BCUT2D eigenvalue weighted by Gasteiger charge is -2.01. The zero-order chi connectivity index (χ0) is 14.5. The van der Waals surface area contributed by atoms with E-state index in [0.29, 0.717) is 12.2 Å². The normalized spacial score (nSPS) is 11.1. The summed E-state index contributed by atoms with van der Waals surface area (Å²) in [5, 5.41) is 16.6. The van der Waals surface area contributed by atoms with Crippen molar-refractivity contribution in [3.63, 3.8) is 0 Å². The highest BCUT2D eigenvalue weighted by atomic mass is 19.1. The Morgan fingerprint density at radius 3 is 2.65 bits per heavy atom. The SMILES string of the molecule is CCCn1nnc(C(=O)O)c1/C=C/c1ccc(F)cc1. The molecular weight excluding hydrogens is 261 g/mol. The maximum absolute atomic E-state index is 12.8. The van der Waals surface area contributed by atoms with E-state index in [9.17, 15) is 9.18 Å². The highest BCUT2D eigenvalue weighted by Gasteiger charge is 2.16. The van der Waals surface area contributed by atoms with E-state index in [-0.39, 0.29) is 11.5 Å². The Kier molecular flexibility index (Phi) is 4.24. The highest BCUT2D eigenvalue weighted by Crippen LogP contribution is 2.12. The largest absolute Gasteiger partial charge is 0.476 e. The predicted octanol–water partition coefficient (Wildman–Crippen LogP) is 2.70. The zero-order valence-corrected chi connectivity index (χ0v) is 11.0. The molecule has 0 saturated heterocycles. The van der Waals surface area contributed by atoms with Crippen molar-refractivity contribution in [2.75, 3.05) is 0 Å². The van der Waals surface area contributed by atoms with Crippen molar-refractivity contribution in [1.29, 1.82) is 0 Å². The number of halogens is 1. The number of rotatable bonds is 5. The van der Waals surface area contributed by atoms with Crippen molar-refractivity contribution >= 4 is 18.1 Å². The Balaban J connectivity index is 2.33. The van der Waals surface area contributed by atoms with E-state index < -0.39 is 5.97 Å². The molecule has 0 aliphatic heterocycles. The summed E-state index contributed by atoms with van der Waals surface area (Å²) in [6.07, 6.45) is 4.16. The van der Waals surface area contributed by atoms with Gasteiger partial charge in [-0.05, 0) is 30.2 Å². The Bertz CT molecular complexity index is 632. The van der Waals surface area contributed by atoms with Crippen LogP contribution < -0.4 is 0 Å². The van der Waals surface area contributed by atoms with Crippen LogP contribution in [0.3, 0.4) is 0 Å². The first kappa shape index (κ1) is 13.9. The van der Waals surface area contributed by atoms with Gasteiger partial charge in [0.1, 0.15) is 5.82 Å². The molecule has 0 fully saturated rings. The third kappa shape index (κ3) is 3.09. The Morgan fingerprint density at radius 2 is 2.05 bits per heavy atom. The lowest BCUT2D eigenvalue weighted by Crippen LogP contribution is -2.04. The van der Waals surface area contributed by atoms with E-state index in [1.807, 2.05) is 6.92 Å². The average molecular weight is 275 g/mol. The first-order valence-electron chi connectivity index (χ1n) is 6.22. The quantitative estimate of drug-likeness (QED) is 0.911. The van der Waals surface area contributed by atoms with E-state index >= 15 is 0 Å². The van der Waals surface area contributed by atoms with Crippen LogP contribution in [0.5, 0.6) is 0 Å². The maximum atomic E-state index is 12.8. The number of aryl methyl sites for hydroxylation is 1. The number of carbonyl (C=O) groups is 1. The first-order valence-corrected chi connectivity index (χ1v) is 6.22. The van der Waals surface area contributed by atoms with E-state index in [4.69, 9.17) is 5.11 Å². The topological polar surface area (TPSA) is 68.0 Å². The van der Waals surface area contributed by atoms with Gasteiger partial charge in [0.15, 0.2) is 5.69 Å². The van der Waals surface area contributed by atoms with E-state index in [1.54, 1.807) is 29.0 Å². The summed E-state index contributed by atoms with van der Waals surface area (Å²) in [6, 6.07) is 5.92. The van der Waals surface area contributed by atoms with Crippen LogP contribution in [-0.2, 0) is 6.54 Å². The van der Waals surface area contributed by atoms with Gasteiger partial charge in [0.05, 0.1) is 5.69 Å². The second-order valence-corrected chi connectivity index (χ2v) is 4.24. The highest BCUT2D eigenvalue weighted by molar-refractivity contribution is 5.90. The van der Waals surface area contributed by atoms with E-state index in [2.05, 4.69) is 10.3 Å². The molecule has 1 N–H and O–H groups in total. The van der Waals surface area contributed by atoms with Crippen LogP contribution in [0.25, 0.3) is 12.2 Å². The summed E-state index contributed by atoms with van der Waals surface area (Å²) in [6.45, 7) is 2.55. The van der Waals surface area contributed by atoms with Crippen LogP contribution in [0.15, 0.2) is 24.3 Å². The molecule has 2 aromatic rings. The van der Waals surface area contributed by atoms with Gasteiger partial charge in [-0.15, -0.1) is 5.10 Å². The summed E-state index contributed by atoms with van der Waals surface area (Å²) in [7, 11) is 0. The van der Waals surface area contributed by atoms with Crippen LogP contribution in [0.2, 0.25) is 0 Å². The molecule has 0 atom stereocenters. The van der Waals surface area contributed by atoms with Crippen LogP contribution in [-0.4, -0.2) is 26.1 Å². The van der Waals surface area contributed by atoms with Crippen molar-refractivity contribution in [2.45, 2.75) is 19.9 Å². The molecule has 0 bridgehead atoms. The van der Waals surface area contributed by atoms with Gasteiger partial charge in [-0.2, -0.15) is 0 Å². The van der Waals surface area contributed by atoms with Crippen molar-refractivity contribution in [3.8, 4) is 0 Å². The molecule has 1 heterocycles. The third-order valence-electron chi connectivity index (χ3n) is 2.72. The van der Waals surface area contributed by atoms with Crippen LogP contribution in [0, 0.1) is 5.82 Å². The number of hydrogen-bond donors (Lipinski definition) is 1. The minimum atomic E-state index is -1.12. The van der Waals surface area contributed by atoms with Gasteiger partial charge in [0.2, 0.25) is 0 Å². The maximum Gasteiger partial charge on any atom is 0.358 e. The molecule has 1 aromatic heterocycles. The molecule has 104 valence electrons. The summed E-state index contributed by atoms with van der Waals surface area (Å²) >= 11 is 0. The molecule has 0 aliphatic carbocycles. The number of carboxylic acid groups (broad SMARTS) is 1. The number of nitrogens with zero attached hydrogens (tertiary/aromatic N) is 3. The van der Waals surface area contributed by atoms with Gasteiger partial charge in [0, 0.05) is 6.54 Å². The fourth-order valence-electron chi connectivity index (χ4n) is 1.76. The van der Waals surface area contributed by atoms with E-state index in [1.165, 1.54) is 12.1 Å². The van der Waals surface area contributed by atoms with Gasteiger partial charge < -0.3 is 5.11 Å². The Labute approximate surface area is 115 Å². The summed E-state index contributed by atoms with van der Waals surface area (Å²) < 4.78 is 14.4. The summed E-state index contributed by atoms with van der Waals surface area (Å²) in [4.78, 5) is 11.1. The molecule has 0 spiro atoms. The molecule has 0 amide bonds. The van der Waals surface area contributed by atoms with Crippen molar-refractivity contribution in [3.05, 3.63) is 47.0 Å². The molecular formula is C14H14FN3O2. The van der Waals surface area contributed by atoms with E-state index in [0.717, 1.165) is 12.0 Å². The fourth-order valence-corrected chi connectivity index (χ4v) is 1.76. The number of hydrogen-bond acceptors (Lipinski definition) is 3. The molecule has 0 radical (unpaired) electrons. The zero-order valence-electron chi connectivity index (χ0n) is 11.0. The predicted molar refractivity (Wildman–Crippen MR) is 72.6 cm³/mol. The molecule has 0 saturated carbocycles. The van der Waals surface area contributed by atoms with Gasteiger partial charge in [0.25, 0.3) is 0 Å². The standard InChI is InChI=1S/C14H14FN3O2/c1-2-9-18-12(13(14(19)20)16-17-18)8-5-10-3-6-11(15)7-4-10/h3-8H,2,9H2,1H3,(H,19,20)/b8-5+. The molecule has 5 nitrogen and oxygen atoms in total. The van der Waals surface area contributed by atoms with Crippen LogP contribution in [0.1, 0.15) is 35.1 Å². The summed E-state index contributed by atoms with van der Waals surface area (Å²) in [5.41, 5.74) is 1.12. The van der Waals surface area contributed by atoms with Gasteiger partial charge in [-0.25, -0.2) is 13.9 Å². The van der Waals surface area contributed by atoms with Crippen LogP contribution >= 0.6 is 0 Å². The Hall–Kier alpha value is -2.50. The smallest absolute Gasteiger partial charge is 0.358 e. The number of aromatic nitrogens is 3.